The van der Waals surface area contributed by atoms with E-state index in [1.54, 1.807) is 6.07 Å². The summed E-state index contributed by atoms with van der Waals surface area (Å²) in [5, 5.41) is 8.58. The summed E-state index contributed by atoms with van der Waals surface area (Å²) in [6.07, 6.45) is -4.01. The van der Waals surface area contributed by atoms with Crippen LogP contribution in [-0.2, 0) is 6.18 Å². The van der Waals surface area contributed by atoms with Crippen molar-refractivity contribution in [1.82, 2.24) is 4.98 Å². The largest absolute Gasteiger partial charge is 0.495 e. The number of nitriles is 1. The molecule has 0 bridgehead atoms. The van der Waals surface area contributed by atoms with E-state index >= 15 is 0 Å². The molecule has 0 N–H and O–H groups in total. The molecule has 0 aliphatic carbocycles. The van der Waals surface area contributed by atoms with Gasteiger partial charge in [-0.15, -0.1) is 0 Å². The fourth-order valence-electron chi connectivity index (χ4n) is 2.04. The molecule has 1 aromatic heterocycles. The zero-order chi connectivity index (χ0) is 17.4. The number of hydrogen-bond donors (Lipinski definition) is 0. The quantitative estimate of drug-likeness (QED) is 0.739. The standard InChI is InChI=1S/C15H9ClF4N2O/c1-7-10(15(18,19)20)6-22-14(13(7)16)9-4-12(23-2)8(5-21)3-11(9)17/h3-4,6H,1-2H3. The Kier molecular flexibility index (Phi) is 4.48. The minimum Gasteiger partial charge on any atom is -0.495 e. The Morgan fingerprint density at radius 2 is 1.96 bits per heavy atom. The highest BCUT2D eigenvalue weighted by atomic mass is 35.5. The normalized spacial score (nSPS) is 11.2. The monoisotopic (exact) mass is 344 g/mol. The van der Waals surface area contributed by atoms with Gasteiger partial charge >= 0.3 is 6.18 Å². The van der Waals surface area contributed by atoms with Gasteiger partial charge in [0, 0.05) is 11.8 Å². The highest BCUT2D eigenvalue weighted by Gasteiger charge is 2.34. The molecule has 23 heavy (non-hydrogen) atoms. The first-order chi connectivity index (χ1) is 10.7. The van der Waals surface area contributed by atoms with Crippen LogP contribution < -0.4 is 4.74 Å². The van der Waals surface area contributed by atoms with E-state index in [1.807, 2.05) is 0 Å². The number of hydrogen-bond acceptors (Lipinski definition) is 3. The minimum atomic E-state index is -4.61. The number of benzene rings is 1. The van der Waals surface area contributed by atoms with Crippen LogP contribution in [0.2, 0.25) is 5.02 Å². The SMILES string of the molecule is COc1cc(-c2ncc(C(F)(F)F)c(C)c2Cl)c(F)cc1C#N. The third-order valence-corrected chi connectivity index (χ3v) is 3.70. The van der Waals surface area contributed by atoms with Gasteiger partial charge in [0.25, 0.3) is 0 Å². The average molecular weight is 345 g/mol. The van der Waals surface area contributed by atoms with Gasteiger partial charge in [0.1, 0.15) is 17.6 Å². The Balaban J connectivity index is 2.69. The number of pyridine rings is 1. The van der Waals surface area contributed by atoms with Crippen LogP contribution in [0, 0.1) is 24.1 Å². The molecule has 0 spiro atoms. The summed E-state index contributed by atoms with van der Waals surface area (Å²) in [7, 11) is 1.28. The van der Waals surface area contributed by atoms with Crippen molar-refractivity contribution in [3.05, 3.63) is 45.9 Å². The molecule has 8 heteroatoms. The fraction of sp³-hybridized carbons (Fsp3) is 0.200. The van der Waals surface area contributed by atoms with Crippen LogP contribution in [0.5, 0.6) is 5.75 Å². The highest BCUT2D eigenvalue weighted by Crippen LogP contribution is 2.39. The number of halogens is 5. The van der Waals surface area contributed by atoms with E-state index in [1.165, 1.54) is 20.1 Å². The summed E-state index contributed by atoms with van der Waals surface area (Å²) in [4.78, 5) is 3.64. The van der Waals surface area contributed by atoms with Crippen LogP contribution in [-0.4, -0.2) is 12.1 Å². The molecule has 0 saturated heterocycles. The van der Waals surface area contributed by atoms with Crippen molar-refractivity contribution in [1.29, 1.82) is 5.26 Å². The average Bonchev–Trinajstić information content (AvgIpc) is 2.48. The van der Waals surface area contributed by atoms with Crippen molar-refractivity contribution < 1.29 is 22.3 Å². The van der Waals surface area contributed by atoms with Gasteiger partial charge in [-0.3, -0.25) is 4.98 Å². The predicted octanol–water partition coefficient (Wildman–Crippen LogP) is 4.75. The maximum Gasteiger partial charge on any atom is 0.418 e. The summed E-state index contributed by atoms with van der Waals surface area (Å²) in [6, 6.07) is 3.85. The van der Waals surface area contributed by atoms with E-state index in [4.69, 9.17) is 21.6 Å². The first kappa shape index (κ1) is 17.0. The molecule has 0 amide bonds. The molecule has 0 atom stereocenters. The van der Waals surface area contributed by atoms with Gasteiger partial charge in [0.05, 0.1) is 29.0 Å². The summed E-state index contributed by atoms with van der Waals surface area (Å²) >= 11 is 5.95. The van der Waals surface area contributed by atoms with Crippen molar-refractivity contribution in [2.45, 2.75) is 13.1 Å². The first-order valence-corrected chi connectivity index (χ1v) is 6.58. The van der Waals surface area contributed by atoms with Crippen molar-refractivity contribution in [3.8, 4) is 23.1 Å². The highest BCUT2D eigenvalue weighted by molar-refractivity contribution is 6.33. The van der Waals surface area contributed by atoms with Crippen molar-refractivity contribution in [2.24, 2.45) is 0 Å². The van der Waals surface area contributed by atoms with E-state index in [0.717, 1.165) is 6.07 Å². The van der Waals surface area contributed by atoms with Crippen LogP contribution in [0.15, 0.2) is 18.3 Å². The number of aromatic nitrogens is 1. The molecule has 0 fully saturated rings. The van der Waals surface area contributed by atoms with Crippen LogP contribution in [0.25, 0.3) is 11.3 Å². The topological polar surface area (TPSA) is 45.9 Å². The van der Waals surface area contributed by atoms with Gasteiger partial charge in [-0.2, -0.15) is 18.4 Å². The molecule has 0 aliphatic heterocycles. The second kappa shape index (κ2) is 6.05. The second-order valence-electron chi connectivity index (χ2n) is 4.60. The van der Waals surface area contributed by atoms with Gasteiger partial charge in [-0.05, 0) is 24.6 Å². The van der Waals surface area contributed by atoms with Gasteiger partial charge in [0.15, 0.2) is 0 Å². The van der Waals surface area contributed by atoms with Gasteiger partial charge in [-0.25, -0.2) is 4.39 Å². The van der Waals surface area contributed by atoms with Crippen LogP contribution in [0.1, 0.15) is 16.7 Å². The Bertz CT molecular complexity index is 813. The summed E-state index contributed by atoms with van der Waals surface area (Å²) in [6.45, 7) is 1.18. The maximum absolute atomic E-state index is 14.2. The molecule has 3 nitrogen and oxygen atoms in total. The maximum atomic E-state index is 14.2. The minimum absolute atomic E-state index is 0.0477. The summed E-state index contributed by atoms with van der Waals surface area (Å²) in [5.74, 6) is -0.768. The van der Waals surface area contributed by atoms with Crippen molar-refractivity contribution in [3.63, 3.8) is 0 Å². The van der Waals surface area contributed by atoms with Gasteiger partial charge < -0.3 is 4.74 Å². The number of ether oxygens (including phenoxy) is 1. The van der Waals surface area contributed by atoms with Crippen LogP contribution in [0.4, 0.5) is 17.6 Å². The third-order valence-electron chi connectivity index (χ3n) is 3.23. The first-order valence-electron chi connectivity index (χ1n) is 6.21. The molecule has 0 radical (unpaired) electrons. The zero-order valence-electron chi connectivity index (χ0n) is 11.9. The van der Waals surface area contributed by atoms with Gasteiger partial charge in [0.2, 0.25) is 0 Å². The zero-order valence-corrected chi connectivity index (χ0v) is 12.7. The summed E-state index contributed by atoms with van der Waals surface area (Å²) in [5.41, 5.74) is -1.60. The molecular weight excluding hydrogens is 336 g/mol. The molecule has 0 unspecified atom stereocenters. The number of methoxy groups -OCH3 is 1. The molecule has 1 heterocycles. The van der Waals surface area contributed by atoms with E-state index in [-0.39, 0.29) is 33.2 Å². The predicted molar refractivity (Wildman–Crippen MR) is 75.6 cm³/mol. The van der Waals surface area contributed by atoms with E-state index < -0.39 is 17.6 Å². The number of rotatable bonds is 2. The smallest absolute Gasteiger partial charge is 0.418 e. The Hall–Kier alpha value is -2.33. The van der Waals surface area contributed by atoms with E-state index in [9.17, 15) is 17.6 Å². The second-order valence-corrected chi connectivity index (χ2v) is 4.98. The molecular formula is C15H9ClF4N2O. The Morgan fingerprint density at radius 3 is 2.48 bits per heavy atom. The van der Waals surface area contributed by atoms with Crippen molar-refractivity contribution in [2.75, 3.05) is 7.11 Å². The van der Waals surface area contributed by atoms with Gasteiger partial charge in [-0.1, -0.05) is 11.6 Å². The molecule has 0 saturated carbocycles. The molecule has 2 rings (SSSR count). The fourth-order valence-corrected chi connectivity index (χ4v) is 2.30. The Morgan fingerprint density at radius 1 is 1.30 bits per heavy atom. The van der Waals surface area contributed by atoms with E-state index in [0.29, 0.717) is 6.20 Å². The molecule has 1 aromatic carbocycles. The number of alkyl halides is 3. The summed E-state index contributed by atoms with van der Waals surface area (Å²) < 4.78 is 57.6. The van der Waals surface area contributed by atoms with Crippen LogP contribution in [0.3, 0.4) is 0 Å². The lowest BCUT2D eigenvalue weighted by Crippen LogP contribution is -2.09. The lowest BCUT2D eigenvalue weighted by atomic mass is 10.0. The number of nitrogens with zero attached hydrogens (tertiary/aromatic N) is 2. The molecule has 0 aliphatic rings. The lowest BCUT2D eigenvalue weighted by Gasteiger charge is -2.14. The van der Waals surface area contributed by atoms with Crippen molar-refractivity contribution >= 4 is 11.6 Å². The molecule has 2 aromatic rings. The van der Waals surface area contributed by atoms with E-state index in [2.05, 4.69) is 4.98 Å². The van der Waals surface area contributed by atoms with Crippen LogP contribution >= 0.6 is 11.6 Å². The third kappa shape index (κ3) is 3.08. The molecule has 120 valence electrons. The Labute approximate surface area is 134 Å². The lowest BCUT2D eigenvalue weighted by molar-refractivity contribution is -0.138.